The van der Waals surface area contributed by atoms with E-state index in [1.807, 2.05) is 31.2 Å². The van der Waals surface area contributed by atoms with Crippen LogP contribution in [0.3, 0.4) is 0 Å². The second-order valence-electron chi connectivity index (χ2n) is 5.79. The zero-order chi connectivity index (χ0) is 13.7. The van der Waals surface area contributed by atoms with Gasteiger partial charge in [-0.2, -0.15) is 0 Å². The second kappa shape index (κ2) is 6.92. The summed E-state index contributed by atoms with van der Waals surface area (Å²) in [4.78, 5) is 1.52. The Morgan fingerprint density at radius 3 is 3.00 bits per heavy atom. The molecule has 1 saturated heterocycles. The van der Waals surface area contributed by atoms with Crippen LogP contribution in [-0.4, -0.2) is 36.9 Å². The molecule has 0 radical (unpaired) electrons. The van der Waals surface area contributed by atoms with E-state index in [0.29, 0.717) is 12.6 Å². The zero-order valence-corrected chi connectivity index (χ0v) is 12.1. The molecule has 0 aromatic heterocycles. The molecule has 0 bridgehead atoms. The van der Waals surface area contributed by atoms with E-state index in [0.717, 1.165) is 12.3 Å². The number of ether oxygens (including phenoxy) is 1. The summed E-state index contributed by atoms with van der Waals surface area (Å²) in [7, 11) is 0. The molecule has 3 atom stereocenters. The Labute approximate surface area is 116 Å². The quantitative estimate of drug-likeness (QED) is 0.838. The minimum atomic E-state index is -0.379. The van der Waals surface area contributed by atoms with Gasteiger partial charge in [-0.05, 0) is 50.8 Å². The van der Waals surface area contributed by atoms with E-state index in [-0.39, 0.29) is 6.10 Å². The first kappa shape index (κ1) is 14.4. The third-order valence-corrected chi connectivity index (χ3v) is 4.01. The minimum Gasteiger partial charge on any atom is -0.491 e. The van der Waals surface area contributed by atoms with Crippen LogP contribution in [0, 0.1) is 6.92 Å². The molecule has 19 heavy (non-hydrogen) atoms. The highest BCUT2D eigenvalue weighted by Gasteiger charge is 2.24. The molecule has 2 N–H and O–H groups in total. The van der Waals surface area contributed by atoms with Crippen molar-refractivity contribution >= 4 is 0 Å². The summed E-state index contributed by atoms with van der Waals surface area (Å²) >= 11 is 0. The van der Waals surface area contributed by atoms with Crippen molar-refractivity contribution < 1.29 is 14.7 Å². The van der Waals surface area contributed by atoms with Crippen molar-refractivity contribution in [1.82, 2.24) is 0 Å². The van der Waals surface area contributed by atoms with Crippen molar-refractivity contribution in [3.05, 3.63) is 29.8 Å². The van der Waals surface area contributed by atoms with Crippen molar-refractivity contribution in [2.24, 2.45) is 0 Å². The van der Waals surface area contributed by atoms with Crippen molar-refractivity contribution in [1.29, 1.82) is 0 Å². The fraction of sp³-hybridized carbons (Fsp3) is 0.625. The molecule has 3 nitrogen and oxygen atoms in total. The molecule has 1 heterocycles. The summed E-state index contributed by atoms with van der Waals surface area (Å²) in [6.45, 7) is 6.70. The molecular formula is C16H26NO2+. The highest BCUT2D eigenvalue weighted by atomic mass is 16.5. The number of aliphatic hydroxyl groups is 1. The largest absolute Gasteiger partial charge is 0.491 e. The predicted octanol–water partition coefficient (Wildman–Crippen LogP) is 1.19. The number of quaternary nitrogens is 1. The zero-order valence-electron chi connectivity index (χ0n) is 12.1. The van der Waals surface area contributed by atoms with Gasteiger partial charge in [0.05, 0.1) is 12.6 Å². The van der Waals surface area contributed by atoms with Crippen molar-refractivity contribution in [3.8, 4) is 5.75 Å². The van der Waals surface area contributed by atoms with Gasteiger partial charge in [0.1, 0.15) is 25.0 Å². The van der Waals surface area contributed by atoms with Gasteiger partial charge < -0.3 is 14.7 Å². The van der Waals surface area contributed by atoms with E-state index < -0.39 is 0 Å². The predicted molar refractivity (Wildman–Crippen MR) is 76.7 cm³/mol. The van der Waals surface area contributed by atoms with Gasteiger partial charge in [0, 0.05) is 0 Å². The third kappa shape index (κ3) is 4.51. The van der Waals surface area contributed by atoms with Crippen molar-refractivity contribution in [2.45, 2.75) is 45.3 Å². The fourth-order valence-electron chi connectivity index (χ4n) is 2.82. The summed E-state index contributed by atoms with van der Waals surface area (Å²) in [5, 5.41) is 10.1. The third-order valence-electron chi connectivity index (χ3n) is 4.01. The topological polar surface area (TPSA) is 33.9 Å². The van der Waals surface area contributed by atoms with Crippen LogP contribution < -0.4 is 9.64 Å². The molecule has 1 aromatic rings. The summed E-state index contributed by atoms with van der Waals surface area (Å²) in [5.41, 5.74) is 1.18. The molecule has 1 fully saturated rings. The van der Waals surface area contributed by atoms with Crippen LogP contribution >= 0.6 is 0 Å². The fourth-order valence-corrected chi connectivity index (χ4v) is 2.82. The van der Waals surface area contributed by atoms with Gasteiger partial charge in [-0.3, -0.25) is 0 Å². The van der Waals surface area contributed by atoms with Crippen LogP contribution in [0.5, 0.6) is 5.75 Å². The molecule has 1 aliphatic heterocycles. The van der Waals surface area contributed by atoms with Gasteiger partial charge >= 0.3 is 0 Å². The maximum Gasteiger partial charge on any atom is 0.137 e. The number of piperidine rings is 1. The van der Waals surface area contributed by atoms with E-state index in [2.05, 4.69) is 6.92 Å². The summed E-state index contributed by atoms with van der Waals surface area (Å²) in [6.07, 6.45) is 3.52. The second-order valence-corrected chi connectivity index (χ2v) is 5.79. The maximum absolute atomic E-state index is 10.1. The highest BCUT2D eigenvalue weighted by molar-refractivity contribution is 5.27. The Morgan fingerprint density at radius 1 is 1.42 bits per heavy atom. The summed E-state index contributed by atoms with van der Waals surface area (Å²) < 4.78 is 5.66. The van der Waals surface area contributed by atoms with Crippen LogP contribution in [-0.2, 0) is 0 Å². The smallest absolute Gasteiger partial charge is 0.137 e. The number of benzene rings is 1. The number of nitrogens with one attached hydrogen (secondary N) is 1. The van der Waals surface area contributed by atoms with Gasteiger partial charge in [-0.15, -0.1) is 0 Å². The van der Waals surface area contributed by atoms with E-state index in [1.54, 1.807) is 0 Å². The first-order valence-corrected chi connectivity index (χ1v) is 7.37. The molecular weight excluding hydrogens is 238 g/mol. The standard InChI is InChI=1S/C16H25NO2/c1-13-6-5-8-16(10-13)19-12-15(18)11-17-9-4-3-7-14(17)2/h5-6,8,10,14-15,18H,3-4,7,9,11-12H2,1-2H3/p+1/t14-,15-/m0/s1. The minimum absolute atomic E-state index is 0.379. The SMILES string of the molecule is Cc1cccc(OC[C@@H](O)C[NH+]2CCCC[C@@H]2C)c1. The molecule has 0 aliphatic carbocycles. The average molecular weight is 264 g/mol. The lowest BCUT2D eigenvalue weighted by molar-refractivity contribution is -0.931. The van der Waals surface area contributed by atoms with Crippen LogP contribution in [0.1, 0.15) is 31.7 Å². The Morgan fingerprint density at radius 2 is 2.26 bits per heavy atom. The lowest BCUT2D eigenvalue weighted by Gasteiger charge is -2.31. The summed E-state index contributed by atoms with van der Waals surface area (Å²) in [6, 6.07) is 8.64. The molecule has 106 valence electrons. The van der Waals surface area contributed by atoms with Gasteiger partial charge in [0.25, 0.3) is 0 Å². The van der Waals surface area contributed by atoms with E-state index in [1.165, 1.54) is 36.3 Å². The van der Waals surface area contributed by atoms with Crippen LogP contribution in [0.25, 0.3) is 0 Å². The molecule has 1 aromatic carbocycles. The Balaban J connectivity index is 1.76. The van der Waals surface area contributed by atoms with Crippen LogP contribution in [0.15, 0.2) is 24.3 Å². The highest BCUT2D eigenvalue weighted by Crippen LogP contribution is 2.12. The number of aliphatic hydroxyl groups excluding tert-OH is 1. The van der Waals surface area contributed by atoms with Gasteiger partial charge in [-0.1, -0.05) is 12.1 Å². The Hall–Kier alpha value is -1.06. The molecule has 3 heteroatoms. The average Bonchev–Trinajstić information content (AvgIpc) is 2.39. The number of likely N-dealkylation sites (tertiary alicyclic amines) is 1. The van der Waals surface area contributed by atoms with Gasteiger partial charge in [-0.25, -0.2) is 0 Å². The van der Waals surface area contributed by atoms with Crippen molar-refractivity contribution in [2.75, 3.05) is 19.7 Å². The Kier molecular flexibility index (Phi) is 5.23. The van der Waals surface area contributed by atoms with E-state index in [4.69, 9.17) is 4.74 Å². The van der Waals surface area contributed by atoms with E-state index in [9.17, 15) is 5.11 Å². The molecule has 1 aliphatic rings. The molecule has 0 spiro atoms. The van der Waals surface area contributed by atoms with E-state index >= 15 is 0 Å². The molecule has 2 rings (SSSR count). The molecule has 0 saturated carbocycles. The monoisotopic (exact) mass is 264 g/mol. The van der Waals surface area contributed by atoms with Crippen molar-refractivity contribution in [3.63, 3.8) is 0 Å². The first-order valence-electron chi connectivity index (χ1n) is 7.37. The van der Waals surface area contributed by atoms with Gasteiger partial charge in [0.2, 0.25) is 0 Å². The lowest BCUT2D eigenvalue weighted by Crippen LogP contribution is -3.17. The number of aryl methyl sites for hydroxylation is 1. The molecule has 0 amide bonds. The normalized spacial score (nSPS) is 25.0. The Bertz CT molecular complexity index is 394. The maximum atomic E-state index is 10.1. The van der Waals surface area contributed by atoms with Crippen LogP contribution in [0.4, 0.5) is 0 Å². The number of rotatable bonds is 5. The number of hydrogen-bond acceptors (Lipinski definition) is 2. The first-order chi connectivity index (χ1) is 9.15. The lowest BCUT2D eigenvalue weighted by atomic mass is 10.0. The number of hydrogen-bond donors (Lipinski definition) is 2. The van der Waals surface area contributed by atoms with Gasteiger partial charge in [0.15, 0.2) is 0 Å². The molecule has 1 unspecified atom stereocenters. The summed E-state index contributed by atoms with van der Waals surface area (Å²) in [5.74, 6) is 0.848. The van der Waals surface area contributed by atoms with Crippen LogP contribution in [0.2, 0.25) is 0 Å².